The van der Waals surface area contributed by atoms with Gasteiger partial charge in [0, 0.05) is 49.8 Å². The second-order valence-electron chi connectivity index (χ2n) is 7.87. The molecule has 33 heavy (non-hydrogen) atoms. The van der Waals surface area contributed by atoms with Gasteiger partial charge in [-0.15, -0.1) is 0 Å². The molecule has 9 nitrogen and oxygen atoms in total. The molecule has 1 aromatic carbocycles. The third-order valence-electron chi connectivity index (χ3n) is 5.62. The van der Waals surface area contributed by atoms with E-state index in [4.69, 9.17) is 4.98 Å². The second kappa shape index (κ2) is 9.27. The highest BCUT2D eigenvalue weighted by Gasteiger charge is 2.16. The molecule has 4 heterocycles. The first-order valence-electron chi connectivity index (χ1n) is 11.0. The molecule has 0 amide bonds. The number of aromatic nitrogens is 5. The average Bonchev–Trinajstić information content (AvgIpc) is 3.54. The van der Waals surface area contributed by atoms with E-state index in [9.17, 15) is 0 Å². The van der Waals surface area contributed by atoms with Gasteiger partial charge in [0.1, 0.15) is 0 Å². The molecule has 0 saturated carbocycles. The summed E-state index contributed by atoms with van der Waals surface area (Å²) in [6, 6.07) is 8.17. The molecule has 9 heteroatoms. The van der Waals surface area contributed by atoms with Crippen molar-refractivity contribution in [2.75, 3.05) is 25.5 Å². The van der Waals surface area contributed by atoms with E-state index in [1.165, 1.54) is 5.57 Å². The summed E-state index contributed by atoms with van der Waals surface area (Å²) in [5, 5.41) is 6.92. The molecular formula is C24H27N9. The van der Waals surface area contributed by atoms with Crippen molar-refractivity contribution >= 4 is 28.3 Å². The van der Waals surface area contributed by atoms with Gasteiger partial charge in [-0.2, -0.15) is 0 Å². The van der Waals surface area contributed by atoms with Crippen LogP contribution >= 0.6 is 0 Å². The van der Waals surface area contributed by atoms with E-state index in [1.807, 2.05) is 54.5 Å². The summed E-state index contributed by atoms with van der Waals surface area (Å²) in [7, 11) is 1.84. The van der Waals surface area contributed by atoms with Crippen LogP contribution in [0.4, 0.5) is 11.5 Å². The van der Waals surface area contributed by atoms with Crippen molar-refractivity contribution in [1.82, 2.24) is 40.1 Å². The summed E-state index contributed by atoms with van der Waals surface area (Å²) in [5.74, 6) is 0.718. The maximum atomic E-state index is 4.96. The quantitative estimate of drug-likeness (QED) is 0.327. The van der Waals surface area contributed by atoms with Gasteiger partial charge >= 0.3 is 0 Å². The Balaban J connectivity index is 1.55. The van der Waals surface area contributed by atoms with Crippen LogP contribution in [0.5, 0.6) is 0 Å². The van der Waals surface area contributed by atoms with Gasteiger partial charge in [0.2, 0.25) is 0 Å². The minimum Gasteiger partial charge on any atom is -0.337 e. The van der Waals surface area contributed by atoms with E-state index < -0.39 is 0 Å². The highest BCUT2D eigenvalue weighted by atomic mass is 15.3. The lowest BCUT2D eigenvalue weighted by atomic mass is 10.1. The van der Waals surface area contributed by atoms with Crippen LogP contribution in [0.2, 0.25) is 0 Å². The van der Waals surface area contributed by atoms with Crippen LogP contribution in [0, 0.1) is 0 Å². The number of anilines is 2. The monoisotopic (exact) mass is 441 g/mol. The van der Waals surface area contributed by atoms with Crippen LogP contribution in [0.1, 0.15) is 24.7 Å². The fourth-order valence-electron chi connectivity index (χ4n) is 3.88. The Kier molecular flexibility index (Phi) is 5.88. The number of imidazole rings is 2. The van der Waals surface area contributed by atoms with Gasteiger partial charge in [-0.05, 0) is 55.3 Å². The molecule has 0 atom stereocenters. The summed E-state index contributed by atoms with van der Waals surface area (Å²) >= 11 is 0. The fourth-order valence-corrected chi connectivity index (χ4v) is 3.88. The summed E-state index contributed by atoms with van der Waals surface area (Å²) < 4.78 is 4.07. The average molecular weight is 442 g/mol. The van der Waals surface area contributed by atoms with Crippen LogP contribution in [-0.2, 0) is 0 Å². The predicted octanol–water partition coefficient (Wildman–Crippen LogP) is 3.12. The van der Waals surface area contributed by atoms with Crippen molar-refractivity contribution in [2.45, 2.75) is 13.3 Å². The van der Waals surface area contributed by atoms with Gasteiger partial charge in [0.15, 0.2) is 11.5 Å². The Bertz CT molecular complexity index is 1300. The van der Waals surface area contributed by atoms with Crippen molar-refractivity contribution in [3.05, 3.63) is 79.0 Å². The van der Waals surface area contributed by atoms with Crippen LogP contribution in [0.25, 0.3) is 22.5 Å². The Hall–Kier alpha value is -3.95. The highest BCUT2D eigenvalue weighted by molar-refractivity contribution is 5.77. The van der Waals surface area contributed by atoms with Crippen molar-refractivity contribution in [3.63, 3.8) is 0 Å². The Labute approximate surface area is 192 Å². The van der Waals surface area contributed by atoms with Crippen molar-refractivity contribution in [2.24, 2.45) is 0 Å². The van der Waals surface area contributed by atoms with Crippen LogP contribution in [0.3, 0.4) is 0 Å². The third kappa shape index (κ3) is 4.36. The van der Waals surface area contributed by atoms with E-state index in [2.05, 4.69) is 55.1 Å². The van der Waals surface area contributed by atoms with Gasteiger partial charge in [0.25, 0.3) is 0 Å². The molecule has 5 rings (SSSR count). The lowest BCUT2D eigenvalue weighted by Gasteiger charge is -2.16. The minimum atomic E-state index is 0.718. The fraction of sp³-hybridized carbons (Fsp3) is 0.208. The van der Waals surface area contributed by atoms with Gasteiger partial charge in [-0.1, -0.05) is 6.08 Å². The van der Waals surface area contributed by atoms with Gasteiger partial charge in [-0.3, -0.25) is 4.40 Å². The molecule has 3 aromatic heterocycles. The molecule has 168 valence electrons. The molecule has 0 fully saturated rings. The molecule has 4 aromatic rings. The summed E-state index contributed by atoms with van der Waals surface area (Å²) in [4.78, 5) is 13.8. The van der Waals surface area contributed by atoms with E-state index >= 15 is 0 Å². The van der Waals surface area contributed by atoms with Crippen molar-refractivity contribution in [3.8, 4) is 5.69 Å². The maximum Gasteiger partial charge on any atom is 0.180 e. The Morgan fingerprint density at radius 3 is 2.82 bits per heavy atom. The molecular weight excluding hydrogens is 414 g/mol. The molecule has 1 aliphatic rings. The van der Waals surface area contributed by atoms with E-state index in [0.29, 0.717) is 0 Å². The van der Waals surface area contributed by atoms with E-state index in [1.54, 1.807) is 12.5 Å². The number of rotatable bonds is 7. The molecule has 0 bridgehead atoms. The first-order valence-corrected chi connectivity index (χ1v) is 11.0. The lowest BCUT2D eigenvalue weighted by Crippen LogP contribution is -2.22. The minimum absolute atomic E-state index is 0.718. The number of hydrogen-bond donors (Lipinski definition) is 4. The van der Waals surface area contributed by atoms with Crippen molar-refractivity contribution < 1.29 is 0 Å². The van der Waals surface area contributed by atoms with Crippen LogP contribution in [-0.4, -0.2) is 44.1 Å². The molecule has 0 unspecified atom stereocenters. The van der Waals surface area contributed by atoms with E-state index in [0.717, 1.165) is 59.3 Å². The van der Waals surface area contributed by atoms with Crippen molar-refractivity contribution in [1.29, 1.82) is 0 Å². The Morgan fingerprint density at radius 1 is 1.21 bits per heavy atom. The number of fused-ring (bicyclic) bond motifs is 1. The van der Waals surface area contributed by atoms with Gasteiger partial charge in [-0.25, -0.2) is 20.4 Å². The van der Waals surface area contributed by atoms with Crippen LogP contribution < -0.4 is 21.5 Å². The second-order valence-corrected chi connectivity index (χ2v) is 7.87. The third-order valence-corrected chi connectivity index (χ3v) is 5.62. The number of benzene rings is 1. The zero-order valence-corrected chi connectivity index (χ0v) is 18.7. The molecule has 4 N–H and O–H groups in total. The smallest absolute Gasteiger partial charge is 0.180 e. The Morgan fingerprint density at radius 2 is 2.09 bits per heavy atom. The number of hydrogen-bond acceptors (Lipinski definition) is 7. The number of hydrazine groups is 1. The standard InChI is InChI=1S/C24H27N9/c1-17(12-29-25-2)22-14-28-24-23(31-21(15-33(22)24)18-4-3-9-26-13-18)30-19-5-7-20(8-6-19)32-11-10-27-16-32/h4-8,10-12,14-16,25-26,29H,3,9,13H2,1-2H3,(H,30,31)/b17-12+. The molecule has 0 saturated heterocycles. The topological polar surface area (TPSA) is 96.1 Å². The first-order chi connectivity index (χ1) is 16.2. The molecule has 0 spiro atoms. The summed E-state index contributed by atoms with van der Waals surface area (Å²) in [6.07, 6.45) is 14.6. The number of nitrogens with one attached hydrogen (secondary N) is 4. The van der Waals surface area contributed by atoms with Gasteiger partial charge in [0.05, 0.1) is 23.9 Å². The zero-order chi connectivity index (χ0) is 22.6. The largest absolute Gasteiger partial charge is 0.337 e. The molecule has 0 aliphatic carbocycles. The summed E-state index contributed by atoms with van der Waals surface area (Å²) in [5.41, 5.74) is 12.9. The van der Waals surface area contributed by atoms with Gasteiger partial charge < -0.3 is 20.6 Å². The summed E-state index contributed by atoms with van der Waals surface area (Å²) in [6.45, 7) is 3.85. The lowest BCUT2D eigenvalue weighted by molar-refractivity contribution is 0.731. The zero-order valence-electron chi connectivity index (χ0n) is 18.7. The normalized spacial score (nSPS) is 14.4. The number of nitrogens with zero attached hydrogens (tertiary/aromatic N) is 5. The van der Waals surface area contributed by atoms with E-state index in [-0.39, 0.29) is 0 Å². The molecule has 0 radical (unpaired) electrons. The van der Waals surface area contributed by atoms with Crippen LogP contribution in [0.15, 0.2) is 67.7 Å². The highest BCUT2D eigenvalue weighted by Crippen LogP contribution is 2.27. The SMILES string of the molecule is CNN/C=C(\C)c1cnc2c(Nc3ccc(-n4ccnc4)cc3)nc(C3=CCCNC3)cn12. The number of allylic oxidation sites excluding steroid dienone is 1. The predicted molar refractivity (Wildman–Crippen MR) is 131 cm³/mol. The molecule has 1 aliphatic heterocycles. The maximum absolute atomic E-state index is 4.96. The first kappa shape index (κ1) is 20.9.